The van der Waals surface area contributed by atoms with E-state index in [9.17, 15) is 9.18 Å². The second-order valence-corrected chi connectivity index (χ2v) is 6.76. The molecule has 144 valence electrons. The quantitative estimate of drug-likeness (QED) is 0.823. The highest BCUT2D eigenvalue weighted by atomic mass is 19.1. The molecule has 0 atom stereocenters. The fraction of sp³-hybridized carbons (Fsp3) is 0.421. The van der Waals surface area contributed by atoms with Gasteiger partial charge in [0.15, 0.2) is 11.5 Å². The number of hydrogen-bond donors (Lipinski definition) is 1. The molecule has 0 aliphatic carbocycles. The average molecular weight is 372 g/mol. The molecule has 1 aromatic heterocycles. The van der Waals surface area contributed by atoms with E-state index in [4.69, 9.17) is 0 Å². The zero-order valence-corrected chi connectivity index (χ0v) is 15.7. The van der Waals surface area contributed by atoms with Crippen molar-refractivity contribution < 1.29 is 9.18 Å². The van der Waals surface area contributed by atoms with Crippen molar-refractivity contribution in [1.82, 2.24) is 20.4 Å². The maximum atomic E-state index is 13.9. The number of para-hydroxylation sites is 1. The fourth-order valence-corrected chi connectivity index (χ4v) is 2.98. The summed E-state index contributed by atoms with van der Waals surface area (Å²) in [4.78, 5) is 18.2. The molecule has 0 bridgehead atoms. The first-order valence-electron chi connectivity index (χ1n) is 9.05. The van der Waals surface area contributed by atoms with Crippen LogP contribution >= 0.6 is 0 Å². The molecule has 1 aliphatic heterocycles. The van der Waals surface area contributed by atoms with Crippen LogP contribution in [0.2, 0.25) is 0 Å². The standard InChI is InChI=1S/C19H25FN6O/c1-24(2)10-9-21-19(27)16-7-8-18(23-22-16)26-13-11-25(12-14-26)17-6-4-3-5-15(17)20/h3-8H,9-14H2,1-2H3,(H,21,27). The Kier molecular flexibility index (Phi) is 6.18. The number of anilines is 2. The number of likely N-dealkylation sites (N-methyl/N-ethyl adjacent to an activating group) is 1. The van der Waals surface area contributed by atoms with E-state index in [-0.39, 0.29) is 11.7 Å². The predicted molar refractivity (Wildman–Crippen MR) is 104 cm³/mol. The van der Waals surface area contributed by atoms with Crippen LogP contribution < -0.4 is 15.1 Å². The summed E-state index contributed by atoms with van der Waals surface area (Å²) in [5, 5.41) is 11.1. The molecule has 0 unspecified atom stereocenters. The lowest BCUT2D eigenvalue weighted by molar-refractivity contribution is 0.0945. The number of nitrogens with one attached hydrogen (secondary N) is 1. The van der Waals surface area contributed by atoms with Gasteiger partial charge in [-0.2, -0.15) is 0 Å². The van der Waals surface area contributed by atoms with Gasteiger partial charge in [-0.1, -0.05) is 12.1 Å². The van der Waals surface area contributed by atoms with Crippen LogP contribution in [0.3, 0.4) is 0 Å². The Bertz CT molecular complexity index is 759. The molecule has 8 heteroatoms. The molecule has 0 radical (unpaired) electrons. The van der Waals surface area contributed by atoms with Crippen molar-refractivity contribution in [1.29, 1.82) is 0 Å². The highest BCUT2D eigenvalue weighted by Gasteiger charge is 2.20. The third kappa shape index (κ3) is 4.91. The second kappa shape index (κ2) is 8.77. The molecule has 27 heavy (non-hydrogen) atoms. The molecule has 0 saturated carbocycles. The maximum absolute atomic E-state index is 13.9. The summed E-state index contributed by atoms with van der Waals surface area (Å²) in [6.07, 6.45) is 0. The molecule has 1 N–H and O–H groups in total. The normalized spacial score (nSPS) is 14.5. The highest BCUT2D eigenvalue weighted by Crippen LogP contribution is 2.21. The predicted octanol–water partition coefficient (Wildman–Crippen LogP) is 1.23. The van der Waals surface area contributed by atoms with Crippen molar-refractivity contribution in [2.24, 2.45) is 0 Å². The van der Waals surface area contributed by atoms with Gasteiger partial charge >= 0.3 is 0 Å². The van der Waals surface area contributed by atoms with E-state index in [1.54, 1.807) is 18.2 Å². The Morgan fingerprint density at radius 1 is 1.07 bits per heavy atom. The van der Waals surface area contributed by atoms with E-state index in [0.717, 1.165) is 25.5 Å². The number of benzene rings is 1. The van der Waals surface area contributed by atoms with Gasteiger partial charge in [-0.15, -0.1) is 10.2 Å². The van der Waals surface area contributed by atoms with Crippen molar-refractivity contribution in [2.75, 3.05) is 63.2 Å². The number of amides is 1. The van der Waals surface area contributed by atoms with Gasteiger partial charge in [0, 0.05) is 39.3 Å². The Balaban J connectivity index is 1.54. The lowest BCUT2D eigenvalue weighted by Gasteiger charge is -2.36. The number of halogens is 1. The fourth-order valence-electron chi connectivity index (χ4n) is 2.98. The molecular formula is C19H25FN6O. The minimum absolute atomic E-state index is 0.199. The molecule has 7 nitrogen and oxygen atoms in total. The van der Waals surface area contributed by atoms with Crippen molar-refractivity contribution in [3.63, 3.8) is 0 Å². The molecule has 1 amide bonds. The monoisotopic (exact) mass is 372 g/mol. The Labute approximate surface area is 158 Å². The van der Waals surface area contributed by atoms with Gasteiger partial charge in [0.1, 0.15) is 5.82 Å². The number of hydrogen-bond acceptors (Lipinski definition) is 6. The molecule has 2 heterocycles. The third-order valence-corrected chi connectivity index (χ3v) is 4.52. The van der Waals surface area contributed by atoms with Gasteiger partial charge in [-0.05, 0) is 38.4 Å². The lowest BCUT2D eigenvalue weighted by Crippen LogP contribution is -2.47. The van der Waals surface area contributed by atoms with E-state index in [1.807, 2.05) is 36.0 Å². The van der Waals surface area contributed by atoms with Gasteiger partial charge in [-0.25, -0.2) is 4.39 Å². The number of carbonyl (C=O) groups excluding carboxylic acids is 1. The Morgan fingerprint density at radius 2 is 1.78 bits per heavy atom. The molecule has 1 saturated heterocycles. The summed E-state index contributed by atoms with van der Waals surface area (Å²) in [5.41, 5.74) is 0.940. The summed E-state index contributed by atoms with van der Waals surface area (Å²) in [6, 6.07) is 10.3. The smallest absolute Gasteiger partial charge is 0.271 e. The van der Waals surface area contributed by atoms with Crippen molar-refractivity contribution in [2.45, 2.75) is 0 Å². The zero-order chi connectivity index (χ0) is 19.2. The average Bonchev–Trinajstić information content (AvgIpc) is 2.68. The summed E-state index contributed by atoms with van der Waals surface area (Å²) in [7, 11) is 3.90. The largest absolute Gasteiger partial charge is 0.366 e. The van der Waals surface area contributed by atoms with E-state index in [0.29, 0.717) is 31.0 Å². The molecule has 2 aromatic rings. The molecule has 1 aliphatic rings. The number of rotatable bonds is 6. The third-order valence-electron chi connectivity index (χ3n) is 4.52. The van der Waals surface area contributed by atoms with Crippen LogP contribution in [0.4, 0.5) is 15.9 Å². The first-order chi connectivity index (χ1) is 13.0. The second-order valence-electron chi connectivity index (χ2n) is 6.76. The highest BCUT2D eigenvalue weighted by molar-refractivity contribution is 5.92. The zero-order valence-electron chi connectivity index (χ0n) is 15.7. The van der Waals surface area contributed by atoms with Gasteiger partial charge < -0.3 is 20.0 Å². The van der Waals surface area contributed by atoms with Crippen LogP contribution in [0.25, 0.3) is 0 Å². The number of piperazine rings is 1. The molecular weight excluding hydrogens is 347 g/mol. The lowest BCUT2D eigenvalue weighted by atomic mass is 10.2. The van der Waals surface area contributed by atoms with Crippen molar-refractivity contribution in [3.05, 3.63) is 47.9 Å². The van der Waals surface area contributed by atoms with Crippen molar-refractivity contribution >= 4 is 17.4 Å². The summed E-state index contributed by atoms with van der Waals surface area (Å²) < 4.78 is 13.9. The first-order valence-corrected chi connectivity index (χ1v) is 9.05. The number of nitrogens with zero attached hydrogens (tertiary/aromatic N) is 5. The van der Waals surface area contributed by atoms with E-state index >= 15 is 0 Å². The van der Waals surface area contributed by atoms with Gasteiger partial charge in [0.25, 0.3) is 5.91 Å². The van der Waals surface area contributed by atoms with Crippen LogP contribution in [0.1, 0.15) is 10.5 Å². The number of aromatic nitrogens is 2. The van der Waals surface area contributed by atoms with Gasteiger partial charge in [0.05, 0.1) is 5.69 Å². The van der Waals surface area contributed by atoms with Gasteiger partial charge in [0.2, 0.25) is 0 Å². The minimum atomic E-state index is -0.222. The Hall–Kier alpha value is -2.74. The first kappa shape index (κ1) is 19.0. The van der Waals surface area contributed by atoms with Gasteiger partial charge in [-0.3, -0.25) is 4.79 Å². The maximum Gasteiger partial charge on any atom is 0.271 e. The minimum Gasteiger partial charge on any atom is -0.366 e. The topological polar surface area (TPSA) is 64.6 Å². The summed E-state index contributed by atoms with van der Waals surface area (Å²) in [6.45, 7) is 4.18. The molecule has 3 rings (SSSR count). The summed E-state index contributed by atoms with van der Waals surface area (Å²) >= 11 is 0. The Morgan fingerprint density at radius 3 is 2.41 bits per heavy atom. The van der Waals surface area contributed by atoms with E-state index in [2.05, 4.69) is 20.4 Å². The van der Waals surface area contributed by atoms with Crippen LogP contribution in [-0.4, -0.2) is 74.4 Å². The van der Waals surface area contributed by atoms with Crippen LogP contribution in [-0.2, 0) is 0 Å². The SMILES string of the molecule is CN(C)CCNC(=O)c1ccc(N2CCN(c3ccccc3F)CC2)nn1. The number of carbonyl (C=O) groups is 1. The molecule has 0 spiro atoms. The molecule has 1 fully saturated rings. The van der Waals surface area contributed by atoms with E-state index in [1.165, 1.54) is 6.07 Å². The van der Waals surface area contributed by atoms with E-state index < -0.39 is 0 Å². The van der Waals surface area contributed by atoms with Crippen molar-refractivity contribution in [3.8, 4) is 0 Å². The summed E-state index contributed by atoms with van der Waals surface area (Å²) in [5.74, 6) is 0.309. The van der Waals surface area contributed by atoms with Crippen LogP contribution in [0.5, 0.6) is 0 Å². The van der Waals surface area contributed by atoms with Crippen LogP contribution in [0.15, 0.2) is 36.4 Å². The molecule has 1 aromatic carbocycles. The van der Waals surface area contributed by atoms with Crippen LogP contribution in [0, 0.1) is 5.82 Å².